The van der Waals surface area contributed by atoms with Crippen molar-refractivity contribution in [1.29, 1.82) is 0 Å². The van der Waals surface area contributed by atoms with Crippen LogP contribution in [-0.2, 0) is 29.1 Å². The Morgan fingerprint density at radius 3 is 2.58 bits per heavy atom. The van der Waals surface area contributed by atoms with Crippen molar-refractivity contribution in [2.45, 2.75) is 38.6 Å². The Kier molecular flexibility index (Phi) is 7.18. The minimum atomic E-state index is -3.74. The van der Waals surface area contributed by atoms with Gasteiger partial charge in [-0.2, -0.15) is 0 Å². The van der Waals surface area contributed by atoms with Crippen LogP contribution in [0, 0.1) is 13.8 Å². The predicted molar refractivity (Wildman–Crippen MR) is 122 cm³/mol. The van der Waals surface area contributed by atoms with Crippen molar-refractivity contribution in [2.24, 2.45) is 4.99 Å². The third-order valence-corrected chi connectivity index (χ3v) is 7.31. The number of sulfonamides is 1. The Hall–Kier alpha value is -3.25. The van der Waals surface area contributed by atoms with Gasteiger partial charge in [-0.15, -0.1) is 11.3 Å². The summed E-state index contributed by atoms with van der Waals surface area (Å²) in [5.41, 5.74) is 1.32. The highest BCUT2D eigenvalue weighted by Gasteiger charge is 2.31. The van der Waals surface area contributed by atoms with E-state index in [9.17, 15) is 22.8 Å². The van der Waals surface area contributed by atoms with E-state index in [2.05, 4.69) is 15.0 Å². The number of carbonyl (C=O) groups excluding carboxylic acids is 3. The monoisotopic (exact) mass is 493 g/mol. The second kappa shape index (κ2) is 9.71. The third kappa shape index (κ3) is 5.22. The molecule has 1 aliphatic rings. The fourth-order valence-corrected chi connectivity index (χ4v) is 5.36. The maximum Gasteiger partial charge on any atom is 0.341 e. The summed E-state index contributed by atoms with van der Waals surface area (Å²) in [6.45, 7) is 6.27. The number of esters is 2. The topological polar surface area (TPSA) is 140 Å². The van der Waals surface area contributed by atoms with Crippen LogP contribution in [0.4, 0.5) is 5.00 Å². The number of amides is 1. The van der Waals surface area contributed by atoms with Gasteiger partial charge in [0.25, 0.3) is 15.9 Å². The van der Waals surface area contributed by atoms with Gasteiger partial charge in [-0.1, -0.05) is 12.1 Å². The van der Waals surface area contributed by atoms with Crippen LogP contribution in [0.3, 0.4) is 0 Å². The number of carbonyl (C=O) groups is 3. The van der Waals surface area contributed by atoms with Crippen LogP contribution in [0.2, 0.25) is 0 Å². The Morgan fingerprint density at radius 2 is 1.88 bits per heavy atom. The Labute approximate surface area is 195 Å². The summed E-state index contributed by atoms with van der Waals surface area (Å²) in [7, 11) is -3.74. The number of hydrogen-bond acceptors (Lipinski definition) is 9. The molecular weight excluding hydrogens is 470 g/mol. The lowest BCUT2D eigenvalue weighted by Crippen LogP contribution is -2.29. The molecule has 33 heavy (non-hydrogen) atoms. The SMILES string of the molecule is CCOC(=O)c1c(NC(=O)COC(=O)[C@H](C)N=C2NS(=O)(=O)c3ccccc32)sc(C)c1C. The maximum atomic E-state index is 12.3. The second-order valence-electron chi connectivity index (χ2n) is 7.12. The largest absolute Gasteiger partial charge is 0.462 e. The molecule has 0 unspecified atom stereocenters. The summed E-state index contributed by atoms with van der Waals surface area (Å²) < 4.78 is 36.7. The van der Waals surface area contributed by atoms with Gasteiger partial charge in [-0.05, 0) is 45.4 Å². The zero-order valence-electron chi connectivity index (χ0n) is 18.4. The van der Waals surface area contributed by atoms with Gasteiger partial charge in [0.15, 0.2) is 6.61 Å². The molecule has 10 nitrogen and oxygen atoms in total. The smallest absolute Gasteiger partial charge is 0.341 e. The summed E-state index contributed by atoms with van der Waals surface area (Å²) in [4.78, 5) is 41.9. The van der Waals surface area contributed by atoms with Gasteiger partial charge in [0.2, 0.25) is 0 Å². The van der Waals surface area contributed by atoms with Crippen molar-refractivity contribution in [3.63, 3.8) is 0 Å². The molecule has 2 N–H and O–H groups in total. The molecule has 1 aliphatic heterocycles. The van der Waals surface area contributed by atoms with E-state index in [0.717, 1.165) is 4.88 Å². The Balaban J connectivity index is 1.64. The predicted octanol–water partition coefficient (Wildman–Crippen LogP) is 2.15. The standard InChI is InChI=1S/C21H23N3O7S2/c1-5-30-21(27)17-11(2)13(4)32-19(17)23-16(25)10-31-20(26)12(3)22-18-14-8-6-7-9-15(14)33(28,29)24-18/h6-9,12H,5,10H2,1-4H3,(H,22,24)(H,23,25)/t12-/m0/s1. The van der Waals surface area contributed by atoms with Gasteiger partial charge in [-0.25, -0.2) is 18.0 Å². The molecule has 0 spiro atoms. The second-order valence-corrected chi connectivity index (χ2v) is 9.99. The Bertz CT molecular complexity index is 1250. The molecule has 0 bridgehead atoms. The highest BCUT2D eigenvalue weighted by Crippen LogP contribution is 2.33. The van der Waals surface area contributed by atoms with E-state index in [1.807, 2.05) is 6.92 Å². The molecule has 3 rings (SSSR count). The normalized spacial score (nSPS) is 15.9. The van der Waals surface area contributed by atoms with Crippen molar-refractivity contribution >= 4 is 50.0 Å². The molecule has 12 heteroatoms. The molecule has 0 aliphatic carbocycles. The number of benzene rings is 1. The van der Waals surface area contributed by atoms with Crippen LogP contribution in [0.1, 0.15) is 40.2 Å². The summed E-state index contributed by atoms with van der Waals surface area (Å²) in [5.74, 6) is -1.97. The van der Waals surface area contributed by atoms with E-state index in [0.29, 0.717) is 16.1 Å². The number of hydrogen-bond donors (Lipinski definition) is 2. The fraction of sp³-hybridized carbons (Fsp3) is 0.333. The first kappa shape index (κ1) is 24.4. The molecule has 176 valence electrons. The van der Waals surface area contributed by atoms with Crippen LogP contribution in [-0.4, -0.2) is 51.4 Å². The lowest BCUT2D eigenvalue weighted by Gasteiger charge is -2.10. The lowest BCUT2D eigenvalue weighted by molar-refractivity contribution is -0.148. The summed E-state index contributed by atoms with van der Waals surface area (Å²) >= 11 is 1.22. The summed E-state index contributed by atoms with van der Waals surface area (Å²) in [6, 6.07) is 5.18. The molecule has 0 fully saturated rings. The average Bonchev–Trinajstić information content (AvgIpc) is 3.18. The number of aryl methyl sites for hydroxylation is 1. The number of fused-ring (bicyclic) bond motifs is 1. The molecule has 1 atom stereocenters. The van der Waals surface area contributed by atoms with E-state index in [1.54, 1.807) is 32.0 Å². The molecular formula is C21H23N3O7S2. The molecule has 0 saturated carbocycles. The van der Waals surface area contributed by atoms with Crippen LogP contribution >= 0.6 is 11.3 Å². The molecule has 1 aromatic carbocycles. The van der Waals surface area contributed by atoms with Crippen LogP contribution in [0.5, 0.6) is 0 Å². The Morgan fingerprint density at radius 1 is 1.18 bits per heavy atom. The van der Waals surface area contributed by atoms with Crippen molar-refractivity contribution in [2.75, 3.05) is 18.5 Å². The zero-order valence-corrected chi connectivity index (χ0v) is 20.1. The highest BCUT2D eigenvalue weighted by atomic mass is 32.2. The number of aliphatic imine (C=N–C) groups is 1. The lowest BCUT2D eigenvalue weighted by atomic mass is 10.1. The van der Waals surface area contributed by atoms with Crippen LogP contribution in [0.15, 0.2) is 34.2 Å². The molecule has 0 saturated heterocycles. The van der Waals surface area contributed by atoms with Gasteiger partial charge in [0.1, 0.15) is 16.9 Å². The van der Waals surface area contributed by atoms with Crippen molar-refractivity contribution in [3.05, 3.63) is 45.8 Å². The van der Waals surface area contributed by atoms with E-state index < -0.39 is 40.5 Å². The highest BCUT2D eigenvalue weighted by molar-refractivity contribution is 7.90. The van der Waals surface area contributed by atoms with E-state index >= 15 is 0 Å². The zero-order chi connectivity index (χ0) is 24.3. The fourth-order valence-electron chi connectivity index (χ4n) is 3.06. The summed E-state index contributed by atoms with van der Waals surface area (Å²) in [6.07, 6.45) is 0. The number of anilines is 1. The van der Waals surface area contributed by atoms with Crippen molar-refractivity contribution < 1.29 is 32.3 Å². The number of nitrogens with one attached hydrogen (secondary N) is 2. The number of nitrogens with zero attached hydrogens (tertiary/aromatic N) is 1. The number of ether oxygens (including phenoxy) is 2. The summed E-state index contributed by atoms with van der Waals surface area (Å²) in [5, 5.41) is 2.89. The van der Waals surface area contributed by atoms with Gasteiger partial charge in [0, 0.05) is 10.4 Å². The minimum Gasteiger partial charge on any atom is -0.462 e. The van der Waals surface area contributed by atoms with E-state index in [4.69, 9.17) is 9.47 Å². The van der Waals surface area contributed by atoms with Gasteiger partial charge in [-0.3, -0.25) is 14.5 Å². The van der Waals surface area contributed by atoms with E-state index in [-0.39, 0.29) is 22.9 Å². The molecule has 2 aromatic rings. The first-order chi connectivity index (χ1) is 15.5. The van der Waals surface area contributed by atoms with E-state index in [1.165, 1.54) is 24.3 Å². The van der Waals surface area contributed by atoms with Crippen LogP contribution in [0.25, 0.3) is 0 Å². The first-order valence-electron chi connectivity index (χ1n) is 9.98. The van der Waals surface area contributed by atoms with Gasteiger partial charge in [0.05, 0.1) is 17.1 Å². The first-order valence-corrected chi connectivity index (χ1v) is 12.3. The minimum absolute atomic E-state index is 0.0307. The molecule has 2 heterocycles. The van der Waals surface area contributed by atoms with Gasteiger partial charge >= 0.3 is 11.9 Å². The number of rotatable bonds is 7. The van der Waals surface area contributed by atoms with Crippen LogP contribution < -0.4 is 10.0 Å². The molecule has 1 amide bonds. The third-order valence-electron chi connectivity index (χ3n) is 4.79. The average molecular weight is 494 g/mol. The molecule has 1 aromatic heterocycles. The van der Waals surface area contributed by atoms with Crippen molar-refractivity contribution in [1.82, 2.24) is 4.72 Å². The number of amidine groups is 1. The molecule has 0 radical (unpaired) electrons. The van der Waals surface area contributed by atoms with Gasteiger partial charge < -0.3 is 14.8 Å². The maximum absolute atomic E-state index is 12.3. The quantitative estimate of drug-likeness (QED) is 0.563. The number of thiophene rings is 1. The van der Waals surface area contributed by atoms with Crippen molar-refractivity contribution in [3.8, 4) is 0 Å².